The Kier molecular flexibility index (Phi) is 8.96. The van der Waals surface area contributed by atoms with Crippen LogP contribution in [0.4, 0.5) is 0 Å². The van der Waals surface area contributed by atoms with Crippen molar-refractivity contribution in [3.8, 4) is 17.0 Å². The van der Waals surface area contributed by atoms with Crippen molar-refractivity contribution < 1.29 is 4.74 Å². The van der Waals surface area contributed by atoms with Crippen LogP contribution in [0.1, 0.15) is 62.6 Å². The van der Waals surface area contributed by atoms with Gasteiger partial charge in [-0.25, -0.2) is 0 Å². The lowest BCUT2D eigenvalue weighted by atomic mass is 10.0. The van der Waals surface area contributed by atoms with Crippen LogP contribution in [0.5, 0.6) is 5.75 Å². The van der Waals surface area contributed by atoms with Crippen molar-refractivity contribution in [1.29, 1.82) is 0 Å². The molecule has 3 rings (SSSR count). The van der Waals surface area contributed by atoms with Crippen LogP contribution in [0.15, 0.2) is 66.9 Å². The van der Waals surface area contributed by atoms with Crippen LogP contribution in [0.2, 0.25) is 0 Å². The van der Waals surface area contributed by atoms with Gasteiger partial charge in [-0.2, -0.15) is 0 Å². The molecule has 0 unspecified atom stereocenters. The van der Waals surface area contributed by atoms with Gasteiger partial charge in [0, 0.05) is 11.8 Å². The third-order valence-corrected chi connectivity index (χ3v) is 5.54. The second-order valence-electron chi connectivity index (χ2n) is 8.05. The van der Waals surface area contributed by atoms with Crippen molar-refractivity contribution in [2.24, 2.45) is 0 Å². The maximum absolute atomic E-state index is 5.80. The first-order valence-electron chi connectivity index (χ1n) is 11.5. The van der Waals surface area contributed by atoms with Crippen LogP contribution in [0.3, 0.4) is 0 Å². The number of pyridine rings is 1. The van der Waals surface area contributed by atoms with E-state index in [1.807, 2.05) is 6.20 Å². The Morgan fingerprint density at radius 2 is 1.27 bits per heavy atom. The predicted molar refractivity (Wildman–Crippen MR) is 127 cm³/mol. The number of aryl methyl sites for hydroxylation is 3. The first kappa shape index (κ1) is 22.1. The molecular weight excluding hydrogens is 366 g/mol. The summed E-state index contributed by atoms with van der Waals surface area (Å²) in [5, 5.41) is 0. The monoisotopic (exact) mass is 401 g/mol. The normalized spacial score (nSPS) is 10.9. The molecule has 0 aliphatic rings. The summed E-state index contributed by atoms with van der Waals surface area (Å²) in [5.74, 6) is 0.974. The quantitative estimate of drug-likeness (QED) is 0.294. The average Bonchev–Trinajstić information content (AvgIpc) is 2.81. The largest absolute Gasteiger partial charge is 0.494 e. The summed E-state index contributed by atoms with van der Waals surface area (Å²) in [7, 11) is 0. The van der Waals surface area contributed by atoms with Crippen molar-refractivity contribution in [1.82, 2.24) is 4.98 Å². The lowest BCUT2D eigenvalue weighted by Crippen LogP contribution is -1.97. The summed E-state index contributed by atoms with van der Waals surface area (Å²) in [5.41, 5.74) is 6.26. The van der Waals surface area contributed by atoms with Gasteiger partial charge >= 0.3 is 0 Å². The van der Waals surface area contributed by atoms with Gasteiger partial charge in [0.25, 0.3) is 0 Å². The zero-order chi connectivity index (χ0) is 21.0. The summed E-state index contributed by atoms with van der Waals surface area (Å²) in [6.45, 7) is 5.26. The second kappa shape index (κ2) is 12.2. The van der Waals surface area contributed by atoms with Crippen LogP contribution in [-0.4, -0.2) is 11.6 Å². The Bertz CT molecular complexity index is 851. The third-order valence-electron chi connectivity index (χ3n) is 5.54. The number of aromatic nitrogens is 1. The molecule has 0 fully saturated rings. The molecule has 0 amide bonds. The van der Waals surface area contributed by atoms with Crippen molar-refractivity contribution >= 4 is 0 Å². The third kappa shape index (κ3) is 7.02. The van der Waals surface area contributed by atoms with Crippen molar-refractivity contribution in [3.05, 3.63) is 83.6 Å². The molecule has 0 radical (unpaired) electrons. The van der Waals surface area contributed by atoms with Gasteiger partial charge < -0.3 is 4.74 Å². The molecule has 2 nitrogen and oxygen atoms in total. The maximum Gasteiger partial charge on any atom is 0.119 e. The van der Waals surface area contributed by atoms with Gasteiger partial charge in [0.1, 0.15) is 5.75 Å². The van der Waals surface area contributed by atoms with E-state index >= 15 is 0 Å². The molecule has 1 heterocycles. The van der Waals surface area contributed by atoms with E-state index < -0.39 is 0 Å². The summed E-state index contributed by atoms with van der Waals surface area (Å²) >= 11 is 0. The highest BCUT2D eigenvalue weighted by atomic mass is 16.5. The Balaban J connectivity index is 1.48. The van der Waals surface area contributed by atoms with Crippen molar-refractivity contribution in [2.75, 3.05) is 6.61 Å². The van der Waals surface area contributed by atoms with E-state index in [1.165, 1.54) is 47.9 Å². The van der Waals surface area contributed by atoms with E-state index in [1.54, 1.807) is 0 Å². The molecule has 0 aliphatic heterocycles. The molecule has 0 saturated carbocycles. The lowest BCUT2D eigenvalue weighted by molar-refractivity contribution is 0.306. The van der Waals surface area contributed by atoms with Crippen LogP contribution in [-0.2, 0) is 19.3 Å². The van der Waals surface area contributed by atoms with Gasteiger partial charge in [0.15, 0.2) is 0 Å². The molecule has 3 aromatic rings. The smallest absolute Gasteiger partial charge is 0.119 e. The van der Waals surface area contributed by atoms with Gasteiger partial charge in [-0.3, -0.25) is 4.98 Å². The molecule has 0 N–H and O–H groups in total. The maximum atomic E-state index is 5.80. The minimum absolute atomic E-state index is 0.812. The minimum atomic E-state index is 0.812. The lowest BCUT2D eigenvalue weighted by Gasteiger charge is -2.08. The first-order chi connectivity index (χ1) is 14.8. The SMILES string of the molecule is CCCCCOc1ccc(CCc2ccc(-c3ccc(CCCC)cc3)nc2)cc1. The molecular formula is C28H35NO. The molecule has 0 bridgehead atoms. The van der Waals surface area contributed by atoms with E-state index in [0.29, 0.717) is 0 Å². The van der Waals surface area contributed by atoms with Crippen LogP contribution < -0.4 is 4.74 Å². The number of ether oxygens (including phenoxy) is 1. The van der Waals surface area contributed by atoms with Gasteiger partial charge in [0.2, 0.25) is 0 Å². The van der Waals surface area contributed by atoms with Crippen LogP contribution in [0.25, 0.3) is 11.3 Å². The Labute approximate surface area is 182 Å². The number of unbranched alkanes of at least 4 members (excludes halogenated alkanes) is 3. The fraction of sp³-hybridized carbons (Fsp3) is 0.393. The Hall–Kier alpha value is -2.61. The van der Waals surface area contributed by atoms with Crippen LogP contribution in [0, 0.1) is 0 Å². The molecule has 30 heavy (non-hydrogen) atoms. The molecule has 2 heteroatoms. The number of hydrogen-bond donors (Lipinski definition) is 0. The highest BCUT2D eigenvalue weighted by Gasteiger charge is 2.02. The van der Waals surface area contributed by atoms with E-state index in [2.05, 4.69) is 74.5 Å². The van der Waals surface area contributed by atoms with Crippen LogP contribution >= 0.6 is 0 Å². The average molecular weight is 402 g/mol. The van der Waals surface area contributed by atoms with Gasteiger partial charge in [0.05, 0.1) is 12.3 Å². The molecule has 158 valence electrons. The minimum Gasteiger partial charge on any atom is -0.494 e. The van der Waals surface area contributed by atoms with E-state index in [-0.39, 0.29) is 0 Å². The van der Waals surface area contributed by atoms with Crippen molar-refractivity contribution in [3.63, 3.8) is 0 Å². The van der Waals surface area contributed by atoms with E-state index in [0.717, 1.165) is 43.7 Å². The highest BCUT2D eigenvalue weighted by Crippen LogP contribution is 2.20. The van der Waals surface area contributed by atoms with Crippen molar-refractivity contribution in [2.45, 2.75) is 65.2 Å². The molecule has 0 spiro atoms. The van der Waals surface area contributed by atoms with Gasteiger partial charge in [-0.1, -0.05) is 75.6 Å². The summed E-state index contributed by atoms with van der Waals surface area (Å²) in [6.07, 6.45) is 11.3. The molecule has 1 aromatic heterocycles. The van der Waals surface area contributed by atoms with Gasteiger partial charge in [-0.15, -0.1) is 0 Å². The number of rotatable bonds is 12. The zero-order valence-electron chi connectivity index (χ0n) is 18.6. The number of nitrogens with zero attached hydrogens (tertiary/aromatic N) is 1. The fourth-order valence-corrected chi connectivity index (χ4v) is 3.55. The van der Waals surface area contributed by atoms with Gasteiger partial charge in [-0.05, 0) is 67.0 Å². The second-order valence-corrected chi connectivity index (χ2v) is 8.05. The molecule has 0 saturated heterocycles. The Morgan fingerprint density at radius 3 is 1.93 bits per heavy atom. The summed E-state index contributed by atoms with van der Waals surface area (Å²) < 4.78 is 5.80. The molecule has 0 atom stereocenters. The van der Waals surface area contributed by atoms with E-state index in [4.69, 9.17) is 9.72 Å². The highest BCUT2D eigenvalue weighted by molar-refractivity contribution is 5.59. The number of benzene rings is 2. The Morgan fingerprint density at radius 1 is 0.633 bits per heavy atom. The first-order valence-corrected chi connectivity index (χ1v) is 11.5. The summed E-state index contributed by atoms with van der Waals surface area (Å²) in [4.78, 5) is 4.70. The topological polar surface area (TPSA) is 22.1 Å². The standard InChI is InChI=1S/C28H35NO/c1-3-5-7-21-30-27-18-13-24(14-19-27)9-10-25-15-20-28(29-22-25)26-16-11-23(12-17-26)8-6-4-2/h11-20,22H,3-10,21H2,1-2H3. The predicted octanol–water partition coefficient (Wildman–Crippen LogP) is 7.45. The zero-order valence-corrected chi connectivity index (χ0v) is 18.6. The number of hydrogen-bond acceptors (Lipinski definition) is 2. The fourth-order valence-electron chi connectivity index (χ4n) is 3.55. The van der Waals surface area contributed by atoms with E-state index in [9.17, 15) is 0 Å². The molecule has 0 aliphatic carbocycles. The summed E-state index contributed by atoms with van der Waals surface area (Å²) in [6, 6.07) is 21.7. The molecule has 2 aromatic carbocycles.